The number of thiazole rings is 1. The number of piperazine rings is 1. The lowest BCUT2D eigenvalue weighted by atomic mass is 9.84. The number of likely N-dealkylation sites (tertiary alicyclic amines) is 1. The quantitative estimate of drug-likeness (QED) is 0.159. The van der Waals surface area contributed by atoms with Crippen molar-refractivity contribution in [1.29, 1.82) is 0 Å². The molecule has 0 unspecified atom stereocenters. The van der Waals surface area contributed by atoms with Crippen molar-refractivity contribution in [2.24, 2.45) is 5.41 Å². The number of urea groups is 1. The smallest absolute Gasteiger partial charge is 0.324 e. The van der Waals surface area contributed by atoms with E-state index in [1.165, 1.54) is 16.3 Å². The van der Waals surface area contributed by atoms with Gasteiger partial charge in [0.15, 0.2) is 0 Å². The zero-order valence-electron chi connectivity index (χ0n) is 39.8. The van der Waals surface area contributed by atoms with Crippen LogP contribution in [0.25, 0.3) is 33.4 Å². The van der Waals surface area contributed by atoms with Gasteiger partial charge in [0.05, 0.1) is 59.4 Å². The number of benzene rings is 1. The largest absolute Gasteiger partial charge is 0.464 e. The minimum atomic E-state index is -0.919. The minimum Gasteiger partial charge on any atom is -0.464 e. The molecule has 7 heterocycles. The van der Waals surface area contributed by atoms with Crippen molar-refractivity contribution in [2.75, 3.05) is 71.5 Å². The molecule has 65 heavy (non-hydrogen) atoms. The number of esters is 1. The van der Waals surface area contributed by atoms with Crippen molar-refractivity contribution in [2.45, 2.75) is 123 Å². The Hall–Kier alpha value is -4.61. The lowest BCUT2D eigenvalue weighted by Crippen LogP contribution is -2.63. The fourth-order valence-electron chi connectivity index (χ4n) is 9.71. The van der Waals surface area contributed by atoms with Crippen LogP contribution < -0.4 is 15.6 Å². The second kappa shape index (κ2) is 19.7. The number of aromatic nitrogens is 3. The number of nitrogens with zero attached hydrogens (tertiary/aromatic N) is 7. The second-order valence-corrected chi connectivity index (χ2v) is 20.4. The van der Waals surface area contributed by atoms with Crippen LogP contribution in [0.1, 0.15) is 102 Å². The molecule has 0 radical (unpaired) electrons. The van der Waals surface area contributed by atoms with Crippen LogP contribution in [0.15, 0.2) is 35.8 Å². The van der Waals surface area contributed by atoms with E-state index in [-0.39, 0.29) is 36.8 Å². The molecular weight excluding hydrogens is 843 g/mol. The Bertz CT molecular complexity index is 2350. The first-order valence-corrected chi connectivity index (χ1v) is 24.5. The summed E-state index contributed by atoms with van der Waals surface area (Å²) in [5.74, 6) is -1.17. The molecule has 8 rings (SSSR count). The van der Waals surface area contributed by atoms with Gasteiger partial charge in [0.2, 0.25) is 0 Å². The summed E-state index contributed by atoms with van der Waals surface area (Å²) < 4.78 is 20.9. The zero-order chi connectivity index (χ0) is 46.2. The molecule has 352 valence electrons. The first kappa shape index (κ1) is 46.9. The average Bonchev–Trinajstić information content (AvgIpc) is 3.89. The van der Waals surface area contributed by atoms with Crippen LogP contribution in [0, 0.1) is 5.41 Å². The fraction of sp³-hybridized carbons (Fsp3) is 0.612. The van der Waals surface area contributed by atoms with E-state index in [1.807, 2.05) is 24.9 Å². The van der Waals surface area contributed by atoms with Crippen LogP contribution in [0.3, 0.4) is 0 Å². The first-order valence-electron chi connectivity index (χ1n) is 23.7. The minimum absolute atomic E-state index is 0.0569. The third kappa shape index (κ3) is 9.92. The van der Waals surface area contributed by atoms with Gasteiger partial charge in [-0.3, -0.25) is 19.6 Å². The molecule has 16 heteroatoms. The van der Waals surface area contributed by atoms with E-state index in [0.717, 1.165) is 94.4 Å². The van der Waals surface area contributed by atoms with Crippen LogP contribution in [0.2, 0.25) is 0 Å². The Balaban J connectivity index is 1.29. The van der Waals surface area contributed by atoms with E-state index in [4.69, 9.17) is 24.2 Å². The van der Waals surface area contributed by atoms with Crippen molar-refractivity contribution in [3.8, 4) is 22.5 Å². The number of likely N-dealkylation sites (N-methyl/N-ethyl adjacent to an activating group) is 1. The Morgan fingerprint density at radius 2 is 1.86 bits per heavy atom. The van der Waals surface area contributed by atoms with E-state index >= 15 is 0 Å². The van der Waals surface area contributed by atoms with Crippen LogP contribution in [0.5, 0.6) is 0 Å². The molecule has 2 N–H and O–H groups in total. The molecule has 4 aromatic rings. The molecule has 3 amide bonds. The maximum Gasteiger partial charge on any atom is 0.324 e. The maximum atomic E-state index is 14.5. The van der Waals surface area contributed by atoms with Gasteiger partial charge >= 0.3 is 12.0 Å². The Morgan fingerprint density at radius 3 is 2.57 bits per heavy atom. The number of pyridine rings is 1. The third-order valence-electron chi connectivity index (χ3n) is 13.8. The molecule has 0 saturated carbocycles. The number of hydrogen-bond donors (Lipinski definition) is 2. The highest BCUT2D eigenvalue weighted by atomic mass is 32.1. The van der Waals surface area contributed by atoms with E-state index in [9.17, 15) is 14.4 Å². The fourth-order valence-corrected chi connectivity index (χ4v) is 10.6. The number of cyclic esters (lactones) is 1. The van der Waals surface area contributed by atoms with Crippen molar-refractivity contribution in [3.63, 3.8) is 0 Å². The van der Waals surface area contributed by atoms with Crippen molar-refractivity contribution < 1.29 is 28.6 Å². The molecule has 6 bridgehead atoms. The predicted octanol–water partition coefficient (Wildman–Crippen LogP) is 7.00. The van der Waals surface area contributed by atoms with E-state index in [2.05, 4.69) is 96.4 Å². The van der Waals surface area contributed by atoms with E-state index in [0.29, 0.717) is 45.5 Å². The molecule has 5 atom stereocenters. The Kier molecular flexibility index (Phi) is 14.2. The molecule has 3 saturated heterocycles. The molecule has 3 aromatic heterocycles. The van der Waals surface area contributed by atoms with Gasteiger partial charge in [-0.05, 0) is 83.7 Å². The molecule has 3 fully saturated rings. The summed E-state index contributed by atoms with van der Waals surface area (Å²) in [6, 6.07) is 7.09. The van der Waals surface area contributed by atoms with Gasteiger partial charge in [0.1, 0.15) is 12.1 Å². The van der Waals surface area contributed by atoms with Crippen molar-refractivity contribution in [3.05, 3.63) is 52.1 Å². The second-order valence-electron chi connectivity index (χ2n) is 19.5. The number of carbonyl (C=O) groups is 3. The molecular formula is C49H69N9O6S. The van der Waals surface area contributed by atoms with Gasteiger partial charge in [0, 0.05) is 97.7 Å². The standard InChI is InChI=1S/C49H69N9O6S/c1-10-34-15-17-56(34)48(61)52-42-31(4)45-51-40(28-65-45)33-13-14-41-36(24-33)38(26-49(6,7)29-64-47(60)39-12-11-16-58(53-39)46(42)59)44(57(41)22-23-63-30(2)3)37-25-35(27-50-43(37)32(5)62-9)55-20-18-54(8)19-21-55/h13-14,24-25,27-28,30-32,34,39,42,53H,10-12,15-23,26,29H2,1-9H3,(H,52,61)/t31-,32-,34+,39-,42-/m0/s1. The lowest BCUT2D eigenvalue weighted by Gasteiger charge is -2.42. The summed E-state index contributed by atoms with van der Waals surface area (Å²) in [6.07, 6.45) is 5.25. The highest BCUT2D eigenvalue weighted by Gasteiger charge is 2.40. The number of hydrogen-bond acceptors (Lipinski definition) is 12. The van der Waals surface area contributed by atoms with E-state index in [1.54, 1.807) is 7.11 Å². The number of hydrazine groups is 1. The average molecular weight is 912 g/mol. The van der Waals surface area contributed by atoms with Gasteiger partial charge in [-0.15, -0.1) is 11.3 Å². The summed E-state index contributed by atoms with van der Waals surface area (Å²) in [7, 11) is 3.89. The summed E-state index contributed by atoms with van der Waals surface area (Å²) in [6.45, 7) is 20.5. The summed E-state index contributed by atoms with van der Waals surface area (Å²) >= 11 is 1.49. The Labute approximate surface area is 388 Å². The van der Waals surface area contributed by atoms with Gasteiger partial charge in [-0.2, -0.15) is 0 Å². The first-order chi connectivity index (χ1) is 31.2. The van der Waals surface area contributed by atoms with Gasteiger partial charge in [-0.1, -0.05) is 33.8 Å². The molecule has 15 nitrogen and oxygen atoms in total. The number of carbonyl (C=O) groups excluding carboxylic acids is 3. The van der Waals surface area contributed by atoms with E-state index < -0.39 is 29.4 Å². The number of anilines is 1. The monoisotopic (exact) mass is 912 g/mol. The highest BCUT2D eigenvalue weighted by molar-refractivity contribution is 7.10. The number of amides is 3. The Morgan fingerprint density at radius 1 is 1.08 bits per heavy atom. The van der Waals surface area contributed by atoms with Crippen molar-refractivity contribution in [1.82, 2.24) is 40.1 Å². The third-order valence-corrected chi connectivity index (χ3v) is 14.9. The highest BCUT2D eigenvalue weighted by Crippen LogP contribution is 2.43. The normalized spacial score (nSPS) is 23.6. The number of methoxy groups -OCH3 is 1. The van der Waals surface area contributed by atoms with Crippen molar-refractivity contribution >= 4 is 45.8 Å². The molecule has 0 spiro atoms. The van der Waals surface area contributed by atoms with Crippen LogP contribution in [-0.4, -0.2) is 138 Å². The molecule has 1 aromatic carbocycles. The number of fused-ring (bicyclic) bond motifs is 6. The number of ether oxygens (including phenoxy) is 3. The van der Waals surface area contributed by atoms with Crippen LogP contribution in [-0.2, 0) is 36.8 Å². The number of rotatable bonds is 10. The molecule has 4 aliphatic heterocycles. The number of nitrogens with one attached hydrogen (secondary N) is 2. The predicted molar refractivity (Wildman–Crippen MR) is 255 cm³/mol. The zero-order valence-corrected chi connectivity index (χ0v) is 40.6. The SMILES string of the molecule is CC[C@@H]1CCN1C(=O)N[C@@H]1C(=O)N2CCC[C@H](N2)C(=O)OCC(C)(C)Cc2c(-c3cc(N4CCN(C)CC4)cnc3[C@H](C)OC)n(CCOC(C)C)c3ccc(cc23)-c2csc(n2)[C@H]1C. The summed E-state index contributed by atoms with van der Waals surface area (Å²) in [5, 5.41) is 8.47. The summed E-state index contributed by atoms with van der Waals surface area (Å²) in [5.41, 5.74) is 10.6. The lowest BCUT2D eigenvalue weighted by molar-refractivity contribution is -0.155. The van der Waals surface area contributed by atoms with Gasteiger partial charge in [-0.25, -0.2) is 15.2 Å². The maximum absolute atomic E-state index is 14.5. The summed E-state index contributed by atoms with van der Waals surface area (Å²) in [4.78, 5) is 59.3. The van der Waals surface area contributed by atoms with Crippen LogP contribution in [0.4, 0.5) is 10.5 Å². The molecule has 0 aliphatic carbocycles. The topological polar surface area (TPSA) is 147 Å². The molecule has 4 aliphatic rings. The van der Waals surface area contributed by atoms with Gasteiger partial charge < -0.3 is 38.8 Å². The van der Waals surface area contributed by atoms with Gasteiger partial charge in [0.25, 0.3) is 5.91 Å². The van der Waals surface area contributed by atoms with Crippen LogP contribution >= 0.6 is 11.3 Å².